The Morgan fingerprint density at radius 1 is 1.50 bits per heavy atom. The number of imidazole rings is 1. The first-order valence-electron chi connectivity index (χ1n) is 7.02. The first-order valence-corrected chi connectivity index (χ1v) is 7.02. The summed E-state index contributed by atoms with van der Waals surface area (Å²) in [5.41, 5.74) is 6.73. The van der Waals surface area contributed by atoms with Crippen LogP contribution in [0.1, 0.15) is 31.7 Å². The van der Waals surface area contributed by atoms with Crippen molar-refractivity contribution in [3.05, 3.63) is 34.1 Å². The summed E-state index contributed by atoms with van der Waals surface area (Å²) in [4.78, 5) is 12.6. The van der Waals surface area contributed by atoms with Gasteiger partial charge in [0.15, 0.2) is 0 Å². The van der Waals surface area contributed by atoms with Crippen molar-refractivity contribution in [3.63, 3.8) is 0 Å². The number of nitrogens with zero attached hydrogens (tertiary/aromatic N) is 4. The molecule has 2 aromatic rings. The Morgan fingerprint density at radius 3 is 2.75 bits per heavy atom. The smallest absolute Gasteiger partial charge is 0.273 e. The average Bonchev–Trinajstić information content (AvgIpc) is 2.80. The molecule has 1 aliphatic heterocycles. The molecule has 3 heterocycles. The minimum absolute atomic E-state index is 0.0549. The monoisotopic (exact) mass is 276 g/mol. The van der Waals surface area contributed by atoms with E-state index in [2.05, 4.69) is 16.1 Å². The first-order chi connectivity index (χ1) is 9.41. The van der Waals surface area contributed by atoms with E-state index in [-0.39, 0.29) is 11.0 Å². The molecule has 0 aromatic carbocycles. The number of rotatable bonds is 2. The van der Waals surface area contributed by atoms with Crippen LogP contribution in [-0.4, -0.2) is 13.9 Å². The van der Waals surface area contributed by atoms with Gasteiger partial charge < -0.3 is 5.73 Å². The van der Waals surface area contributed by atoms with Gasteiger partial charge in [-0.2, -0.15) is 0 Å². The highest BCUT2D eigenvalue weighted by Crippen LogP contribution is 2.38. The van der Waals surface area contributed by atoms with Crippen LogP contribution in [-0.2, 0) is 32.6 Å². The molecule has 2 N–H and O–H groups in total. The molecular weight excluding hydrogens is 254 g/mol. The molecule has 0 saturated carbocycles. The van der Waals surface area contributed by atoms with Crippen molar-refractivity contribution >= 4 is 5.82 Å². The summed E-state index contributed by atoms with van der Waals surface area (Å²) < 4.78 is 7.83. The molecule has 1 unspecified atom stereocenters. The zero-order chi connectivity index (χ0) is 14.7. The maximum Gasteiger partial charge on any atom is 0.273 e. The second kappa shape index (κ2) is 4.01. The molecular formula is C14H22N5O+. The highest BCUT2D eigenvalue weighted by atomic mass is 16.1. The Kier molecular flexibility index (Phi) is 2.61. The van der Waals surface area contributed by atoms with Crippen LogP contribution in [0, 0.1) is 0 Å². The van der Waals surface area contributed by atoms with E-state index in [0.717, 1.165) is 24.4 Å². The number of nitrogens with two attached hydrogens (primary N) is 1. The fourth-order valence-electron chi connectivity index (χ4n) is 3.74. The third kappa shape index (κ3) is 1.39. The third-order valence-electron chi connectivity index (χ3n) is 4.62. The van der Waals surface area contributed by atoms with Gasteiger partial charge in [-0.15, -0.1) is 0 Å². The highest BCUT2D eigenvalue weighted by Gasteiger charge is 2.47. The number of aryl methyl sites for hydroxylation is 2. The maximum atomic E-state index is 12.6. The molecule has 108 valence electrons. The molecule has 0 saturated heterocycles. The molecule has 2 aromatic heterocycles. The van der Waals surface area contributed by atoms with E-state index >= 15 is 0 Å². The van der Waals surface area contributed by atoms with Crippen LogP contribution in [0.25, 0.3) is 0 Å². The fraction of sp³-hybridized carbons (Fsp3) is 0.571. The van der Waals surface area contributed by atoms with Gasteiger partial charge in [0.25, 0.3) is 11.4 Å². The molecule has 6 heteroatoms. The number of fused-ring (bicyclic) bond motifs is 2. The lowest BCUT2D eigenvalue weighted by atomic mass is 9.78. The van der Waals surface area contributed by atoms with Gasteiger partial charge in [-0.1, -0.05) is 0 Å². The molecule has 3 rings (SSSR count). The molecule has 0 fully saturated rings. The first kappa shape index (κ1) is 13.0. The zero-order valence-electron chi connectivity index (χ0n) is 12.6. The summed E-state index contributed by atoms with van der Waals surface area (Å²) in [6.45, 7) is 5.56. The molecule has 0 spiro atoms. The summed E-state index contributed by atoms with van der Waals surface area (Å²) in [5.74, 6) is 1.72. The van der Waals surface area contributed by atoms with Crippen LogP contribution in [0.5, 0.6) is 0 Å². The highest BCUT2D eigenvalue weighted by molar-refractivity contribution is 5.48. The van der Waals surface area contributed by atoms with Crippen LogP contribution in [0.4, 0.5) is 5.82 Å². The van der Waals surface area contributed by atoms with Gasteiger partial charge in [-0.25, -0.2) is 13.8 Å². The Hall–Kier alpha value is -1.98. The van der Waals surface area contributed by atoms with E-state index in [1.54, 1.807) is 4.68 Å². The van der Waals surface area contributed by atoms with Crippen molar-refractivity contribution in [1.82, 2.24) is 13.9 Å². The number of aromatic nitrogens is 4. The number of hydrogen-bond donors (Lipinski definition) is 1. The summed E-state index contributed by atoms with van der Waals surface area (Å²) in [6.07, 6.45) is 4.92. The summed E-state index contributed by atoms with van der Waals surface area (Å²) in [7, 11) is 4.03. The van der Waals surface area contributed by atoms with Crippen LogP contribution in [0.3, 0.4) is 0 Å². The normalized spacial score (nSPS) is 21.4. The number of nitrogen functional groups attached to an aromatic ring is 1. The van der Waals surface area contributed by atoms with Gasteiger partial charge in [0.2, 0.25) is 0 Å². The Morgan fingerprint density at radius 2 is 2.20 bits per heavy atom. The van der Waals surface area contributed by atoms with Gasteiger partial charge in [-0.3, -0.25) is 9.48 Å². The SMILES string of the molecule is CCn1c(N)c2c(=O)n1CCC2(C)c1n(C)cc[n+]1C. The van der Waals surface area contributed by atoms with Crippen molar-refractivity contribution in [2.45, 2.75) is 38.8 Å². The third-order valence-corrected chi connectivity index (χ3v) is 4.62. The molecule has 0 radical (unpaired) electrons. The van der Waals surface area contributed by atoms with Gasteiger partial charge in [-0.05, 0) is 20.3 Å². The van der Waals surface area contributed by atoms with Crippen molar-refractivity contribution in [2.24, 2.45) is 14.1 Å². The molecule has 20 heavy (non-hydrogen) atoms. The van der Waals surface area contributed by atoms with E-state index in [0.29, 0.717) is 12.4 Å². The van der Waals surface area contributed by atoms with Crippen LogP contribution in [0.2, 0.25) is 0 Å². The van der Waals surface area contributed by atoms with E-state index in [1.165, 1.54) is 0 Å². The van der Waals surface area contributed by atoms with Crippen molar-refractivity contribution in [3.8, 4) is 0 Å². The predicted octanol–water partition coefficient (Wildman–Crippen LogP) is 0.125. The topological polar surface area (TPSA) is 61.8 Å². The van der Waals surface area contributed by atoms with Crippen molar-refractivity contribution in [1.29, 1.82) is 0 Å². The van der Waals surface area contributed by atoms with Crippen molar-refractivity contribution < 1.29 is 4.57 Å². The number of hydrogen-bond acceptors (Lipinski definition) is 2. The van der Waals surface area contributed by atoms with E-state index in [4.69, 9.17) is 5.73 Å². The summed E-state index contributed by atoms with van der Waals surface area (Å²) >= 11 is 0. The molecule has 2 bridgehead atoms. The molecule has 6 nitrogen and oxygen atoms in total. The van der Waals surface area contributed by atoms with Gasteiger partial charge in [0, 0.05) is 13.1 Å². The lowest BCUT2D eigenvalue weighted by Gasteiger charge is -2.27. The van der Waals surface area contributed by atoms with Gasteiger partial charge >= 0.3 is 0 Å². The molecule has 0 aliphatic carbocycles. The second-order valence-electron chi connectivity index (χ2n) is 5.83. The Balaban J connectivity index is 2.33. The standard InChI is InChI=1S/C14H21N5O/c1-5-18-11(15)10-12(20)19(18)7-6-14(10,2)13-16(3)8-9-17(13)4/h8-9H,5-7H2,1-4H3,(H-,15,20)/p+1. The van der Waals surface area contributed by atoms with Crippen LogP contribution >= 0.6 is 0 Å². The second-order valence-corrected chi connectivity index (χ2v) is 5.83. The molecule has 0 amide bonds. The van der Waals surface area contributed by atoms with Gasteiger partial charge in [0.1, 0.15) is 23.6 Å². The largest absolute Gasteiger partial charge is 0.384 e. The predicted molar refractivity (Wildman–Crippen MR) is 76.4 cm³/mol. The summed E-state index contributed by atoms with van der Waals surface area (Å²) in [6, 6.07) is 0. The maximum absolute atomic E-state index is 12.6. The van der Waals surface area contributed by atoms with E-state index in [9.17, 15) is 4.79 Å². The van der Waals surface area contributed by atoms with Crippen molar-refractivity contribution in [2.75, 3.05) is 5.73 Å². The Bertz CT molecular complexity index is 716. The molecule has 1 aliphatic rings. The van der Waals surface area contributed by atoms with Crippen LogP contribution < -0.4 is 15.9 Å². The van der Waals surface area contributed by atoms with Gasteiger partial charge in [0.05, 0.1) is 19.7 Å². The minimum Gasteiger partial charge on any atom is -0.384 e. The fourth-order valence-corrected chi connectivity index (χ4v) is 3.74. The summed E-state index contributed by atoms with van der Waals surface area (Å²) in [5, 5.41) is 0. The lowest BCUT2D eigenvalue weighted by molar-refractivity contribution is -0.682. The Labute approximate surface area is 118 Å². The van der Waals surface area contributed by atoms with E-state index in [1.807, 2.05) is 38.1 Å². The zero-order valence-corrected chi connectivity index (χ0v) is 12.6. The average molecular weight is 276 g/mol. The van der Waals surface area contributed by atoms with E-state index < -0.39 is 0 Å². The lowest BCUT2D eigenvalue weighted by Crippen LogP contribution is -2.47. The molecule has 1 atom stereocenters. The number of anilines is 1. The quantitative estimate of drug-likeness (QED) is 0.792. The van der Waals surface area contributed by atoms with Crippen LogP contribution in [0.15, 0.2) is 17.2 Å². The minimum atomic E-state index is -0.339.